The highest BCUT2D eigenvalue weighted by Crippen LogP contribution is 2.29. The molecule has 2 aromatic carbocycles. The largest absolute Gasteiger partial charge is 0.493 e. The molecule has 0 unspecified atom stereocenters. The average molecular weight is 311 g/mol. The number of nitriles is 1. The Morgan fingerprint density at radius 1 is 1.09 bits per heavy atom. The average Bonchev–Trinajstić information content (AvgIpc) is 2.60. The fraction of sp³-hybridized carbons (Fsp3) is 0.176. The number of carbonyl (C=O) groups is 1. The molecule has 2 N–H and O–H groups in total. The highest BCUT2D eigenvalue weighted by Gasteiger charge is 2.07. The first kappa shape index (κ1) is 16.2. The van der Waals surface area contributed by atoms with Crippen molar-refractivity contribution in [3.8, 4) is 17.6 Å². The minimum absolute atomic E-state index is 0.0865. The van der Waals surface area contributed by atoms with Gasteiger partial charge in [-0.25, -0.2) is 0 Å². The number of hydrogen-bond acceptors (Lipinski definition) is 5. The van der Waals surface area contributed by atoms with E-state index in [0.29, 0.717) is 28.4 Å². The van der Waals surface area contributed by atoms with Crippen LogP contribution in [0.4, 0.5) is 11.4 Å². The summed E-state index contributed by atoms with van der Waals surface area (Å²) in [6, 6.07) is 14.1. The van der Waals surface area contributed by atoms with Gasteiger partial charge in [0.15, 0.2) is 11.5 Å². The fourth-order valence-corrected chi connectivity index (χ4v) is 2.00. The monoisotopic (exact) mass is 311 g/mol. The van der Waals surface area contributed by atoms with Gasteiger partial charge in [0.25, 0.3) is 0 Å². The Kier molecular flexibility index (Phi) is 5.42. The van der Waals surface area contributed by atoms with Gasteiger partial charge in [0.05, 0.1) is 32.4 Å². The van der Waals surface area contributed by atoms with Crippen LogP contribution < -0.4 is 20.1 Å². The van der Waals surface area contributed by atoms with Crippen molar-refractivity contribution < 1.29 is 14.3 Å². The third-order valence-electron chi connectivity index (χ3n) is 3.11. The van der Waals surface area contributed by atoms with Crippen molar-refractivity contribution in [3.63, 3.8) is 0 Å². The molecule has 23 heavy (non-hydrogen) atoms. The SMILES string of the molecule is COc1ccc(NC(=O)CNc2cccc(C#N)c2)cc1OC. The number of nitrogens with one attached hydrogen (secondary N) is 2. The normalized spacial score (nSPS) is 9.61. The molecular formula is C17H17N3O3. The zero-order valence-electron chi connectivity index (χ0n) is 12.9. The summed E-state index contributed by atoms with van der Waals surface area (Å²) in [6.45, 7) is 0.0865. The molecular weight excluding hydrogens is 294 g/mol. The van der Waals surface area contributed by atoms with Crippen molar-refractivity contribution in [3.05, 3.63) is 48.0 Å². The van der Waals surface area contributed by atoms with Crippen LogP contribution in [-0.4, -0.2) is 26.7 Å². The molecule has 0 aromatic heterocycles. The summed E-state index contributed by atoms with van der Waals surface area (Å²) < 4.78 is 10.3. The van der Waals surface area contributed by atoms with E-state index in [4.69, 9.17) is 14.7 Å². The van der Waals surface area contributed by atoms with Gasteiger partial charge in [-0.3, -0.25) is 4.79 Å². The molecule has 0 heterocycles. The standard InChI is InChI=1S/C17H17N3O3/c1-22-15-7-6-14(9-16(15)23-2)20-17(21)11-19-13-5-3-4-12(8-13)10-18/h3-9,19H,11H2,1-2H3,(H,20,21). The molecule has 0 aliphatic rings. The molecule has 118 valence electrons. The summed E-state index contributed by atoms with van der Waals surface area (Å²) in [5.41, 5.74) is 1.86. The molecule has 6 nitrogen and oxygen atoms in total. The van der Waals surface area contributed by atoms with E-state index in [9.17, 15) is 4.79 Å². The molecule has 0 aliphatic heterocycles. The van der Waals surface area contributed by atoms with E-state index in [1.807, 2.05) is 0 Å². The molecule has 0 aliphatic carbocycles. The number of rotatable bonds is 6. The van der Waals surface area contributed by atoms with Crippen LogP contribution in [0.25, 0.3) is 0 Å². The number of amides is 1. The highest BCUT2D eigenvalue weighted by molar-refractivity contribution is 5.94. The van der Waals surface area contributed by atoms with Crippen molar-refractivity contribution in [2.45, 2.75) is 0 Å². The van der Waals surface area contributed by atoms with E-state index in [2.05, 4.69) is 16.7 Å². The number of benzene rings is 2. The van der Waals surface area contributed by atoms with E-state index in [1.54, 1.807) is 49.6 Å². The van der Waals surface area contributed by atoms with E-state index < -0.39 is 0 Å². The summed E-state index contributed by atoms with van der Waals surface area (Å²) >= 11 is 0. The number of ether oxygens (including phenoxy) is 2. The first-order valence-corrected chi connectivity index (χ1v) is 6.92. The maximum Gasteiger partial charge on any atom is 0.243 e. The fourth-order valence-electron chi connectivity index (χ4n) is 2.00. The minimum atomic E-state index is -0.209. The summed E-state index contributed by atoms with van der Waals surface area (Å²) in [6.07, 6.45) is 0. The van der Waals surface area contributed by atoms with Gasteiger partial charge in [-0.15, -0.1) is 0 Å². The zero-order chi connectivity index (χ0) is 16.7. The van der Waals surface area contributed by atoms with Gasteiger partial charge in [-0.05, 0) is 30.3 Å². The van der Waals surface area contributed by atoms with Crippen LogP contribution in [0.1, 0.15) is 5.56 Å². The Morgan fingerprint density at radius 2 is 1.87 bits per heavy atom. The predicted octanol–water partition coefficient (Wildman–Crippen LogP) is 2.63. The maximum absolute atomic E-state index is 12.0. The van der Waals surface area contributed by atoms with Gasteiger partial charge < -0.3 is 20.1 Å². The van der Waals surface area contributed by atoms with Crippen LogP contribution in [0.15, 0.2) is 42.5 Å². The molecule has 0 radical (unpaired) electrons. The number of methoxy groups -OCH3 is 2. The Hall–Kier alpha value is -3.20. The second-order valence-corrected chi connectivity index (χ2v) is 4.66. The van der Waals surface area contributed by atoms with Gasteiger partial charge in [0.1, 0.15) is 0 Å². The molecule has 2 aromatic rings. The van der Waals surface area contributed by atoms with E-state index in [0.717, 1.165) is 0 Å². The third-order valence-corrected chi connectivity index (χ3v) is 3.11. The van der Waals surface area contributed by atoms with Crippen molar-refractivity contribution >= 4 is 17.3 Å². The van der Waals surface area contributed by atoms with Crippen LogP contribution in [0.5, 0.6) is 11.5 Å². The molecule has 0 bridgehead atoms. The van der Waals surface area contributed by atoms with Crippen molar-refractivity contribution in [2.24, 2.45) is 0 Å². The number of nitrogens with zero attached hydrogens (tertiary/aromatic N) is 1. The molecule has 0 saturated heterocycles. The molecule has 2 rings (SSSR count). The predicted molar refractivity (Wildman–Crippen MR) is 87.8 cm³/mol. The Morgan fingerprint density at radius 3 is 2.57 bits per heavy atom. The van der Waals surface area contributed by atoms with Gasteiger partial charge >= 0.3 is 0 Å². The minimum Gasteiger partial charge on any atom is -0.493 e. The molecule has 0 fully saturated rings. The second kappa shape index (κ2) is 7.71. The van der Waals surface area contributed by atoms with Crippen LogP contribution in [-0.2, 0) is 4.79 Å². The quantitative estimate of drug-likeness (QED) is 0.857. The Bertz CT molecular complexity index is 738. The van der Waals surface area contributed by atoms with Gasteiger partial charge in [0, 0.05) is 17.4 Å². The topological polar surface area (TPSA) is 83.4 Å². The highest BCUT2D eigenvalue weighted by atomic mass is 16.5. The van der Waals surface area contributed by atoms with E-state index in [-0.39, 0.29) is 12.5 Å². The summed E-state index contributed by atoms with van der Waals surface area (Å²) in [5.74, 6) is 0.927. The molecule has 1 amide bonds. The smallest absolute Gasteiger partial charge is 0.243 e. The lowest BCUT2D eigenvalue weighted by Gasteiger charge is -2.11. The number of carbonyl (C=O) groups excluding carboxylic acids is 1. The molecule has 0 atom stereocenters. The first-order chi connectivity index (χ1) is 11.2. The van der Waals surface area contributed by atoms with Crippen molar-refractivity contribution in [1.82, 2.24) is 0 Å². The second-order valence-electron chi connectivity index (χ2n) is 4.66. The van der Waals surface area contributed by atoms with Gasteiger partial charge in [0.2, 0.25) is 5.91 Å². The third kappa shape index (κ3) is 4.38. The summed E-state index contributed by atoms with van der Waals surface area (Å²) in [7, 11) is 3.09. The summed E-state index contributed by atoms with van der Waals surface area (Å²) in [4.78, 5) is 12.0. The molecule has 0 spiro atoms. The van der Waals surface area contributed by atoms with Crippen LogP contribution in [0, 0.1) is 11.3 Å². The van der Waals surface area contributed by atoms with Crippen molar-refractivity contribution in [2.75, 3.05) is 31.4 Å². The van der Waals surface area contributed by atoms with E-state index in [1.165, 1.54) is 7.11 Å². The van der Waals surface area contributed by atoms with Crippen LogP contribution in [0.2, 0.25) is 0 Å². The number of hydrogen-bond donors (Lipinski definition) is 2. The maximum atomic E-state index is 12.0. The lowest BCUT2D eigenvalue weighted by molar-refractivity contribution is -0.114. The summed E-state index contributed by atoms with van der Waals surface area (Å²) in [5, 5.41) is 14.6. The van der Waals surface area contributed by atoms with E-state index >= 15 is 0 Å². The number of anilines is 2. The van der Waals surface area contributed by atoms with Crippen LogP contribution >= 0.6 is 0 Å². The van der Waals surface area contributed by atoms with Gasteiger partial charge in [-0.1, -0.05) is 6.07 Å². The molecule has 6 heteroatoms. The Balaban J connectivity index is 1.95. The zero-order valence-corrected chi connectivity index (χ0v) is 12.9. The first-order valence-electron chi connectivity index (χ1n) is 6.92. The Labute approximate surface area is 134 Å². The molecule has 0 saturated carbocycles. The van der Waals surface area contributed by atoms with Crippen molar-refractivity contribution in [1.29, 1.82) is 5.26 Å². The lowest BCUT2D eigenvalue weighted by atomic mass is 10.2. The lowest BCUT2D eigenvalue weighted by Crippen LogP contribution is -2.21. The van der Waals surface area contributed by atoms with Crippen LogP contribution in [0.3, 0.4) is 0 Å². The van der Waals surface area contributed by atoms with Gasteiger partial charge in [-0.2, -0.15) is 5.26 Å².